The number of rotatable bonds is 4. The number of aryl methyl sites for hydroxylation is 1. The van der Waals surface area contributed by atoms with E-state index in [2.05, 4.69) is 32.6 Å². The Balaban J connectivity index is 1.81. The number of carbonyl (C=O) groups is 1. The number of hydrogen-bond donors (Lipinski definition) is 3. The van der Waals surface area contributed by atoms with Gasteiger partial charge in [-0.3, -0.25) is 14.6 Å². The number of carbonyl (C=O) groups excluding carboxylic acids is 1. The average Bonchev–Trinajstić information content (AvgIpc) is 2.46. The average molecular weight is 293 g/mol. The molecule has 1 aliphatic carbocycles. The van der Waals surface area contributed by atoms with Gasteiger partial charge in [0.15, 0.2) is 0 Å². The molecule has 8 heteroatoms. The van der Waals surface area contributed by atoms with Gasteiger partial charge < -0.3 is 0 Å². The maximum atomic E-state index is 11.7. The Morgan fingerprint density at radius 1 is 1.38 bits per heavy atom. The molecule has 1 aromatic heterocycles. The van der Waals surface area contributed by atoms with Crippen LogP contribution in [0.5, 0.6) is 0 Å². The maximum Gasteiger partial charge on any atom is 0.342 e. The molecule has 0 atom stereocenters. The van der Waals surface area contributed by atoms with E-state index in [9.17, 15) is 14.4 Å². The van der Waals surface area contributed by atoms with E-state index in [0.717, 1.165) is 37.3 Å². The first-order valence-electron chi connectivity index (χ1n) is 7.06. The minimum absolute atomic E-state index is 0.0926. The molecular weight excluding hydrogens is 274 g/mol. The summed E-state index contributed by atoms with van der Waals surface area (Å²) in [6.45, 7) is 2.21. The number of nitrogens with one attached hydrogen (secondary N) is 3. The highest BCUT2D eigenvalue weighted by Gasteiger charge is 2.14. The van der Waals surface area contributed by atoms with Gasteiger partial charge in [-0.05, 0) is 31.6 Å². The van der Waals surface area contributed by atoms with Gasteiger partial charge in [0.2, 0.25) is 5.91 Å². The number of aromatic amines is 2. The molecule has 0 unspecified atom stereocenters. The second kappa shape index (κ2) is 6.96. The van der Waals surface area contributed by atoms with E-state index in [0.29, 0.717) is 0 Å². The molecule has 0 spiro atoms. The predicted molar refractivity (Wildman–Crippen MR) is 77.0 cm³/mol. The van der Waals surface area contributed by atoms with Crippen LogP contribution in [0.1, 0.15) is 44.7 Å². The number of aromatic nitrogens is 3. The van der Waals surface area contributed by atoms with Crippen LogP contribution in [0.3, 0.4) is 0 Å². The fraction of sp³-hybridized carbons (Fsp3) is 0.615. The summed E-state index contributed by atoms with van der Waals surface area (Å²) in [6.07, 6.45) is 4.29. The van der Waals surface area contributed by atoms with E-state index in [4.69, 9.17) is 0 Å². The summed E-state index contributed by atoms with van der Waals surface area (Å²) in [7, 11) is 0. The van der Waals surface area contributed by atoms with Gasteiger partial charge in [0, 0.05) is 18.6 Å². The number of hydrazone groups is 1. The van der Waals surface area contributed by atoms with Gasteiger partial charge in [0.25, 0.3) is 5.56 Å². The van der Waals surface area contributed by atoms with E-state index in [1.165, 1.54) is 0 Å². The zero-order valence-electron chi connectivity index (χ0n) is 11.9. The minimum atomic E-state index is -0.661. The van der Waals surface area contributed by atoms with Crippen molar-refractivity contribution < 1.29 is 4.79 Å². The Kier molecular flexibility index (Phi) is 5.02. The lowest BCUT2D eigenvalue weighted by Gasteiger charge is -2.18. The lowest BCUT2D eigenvalue weighted by atomic mass is 9.90. The van der Waals surface area contributed by atoms with Gasteiger partial charge in [0.05, 0.1) is 0 Å². The Labute approximate surface area is 121 Å². The topological polar surface area (TPSA) is 120 Å². The number of amides is 1. The Hall–Kier alpha value is -2.25. The van der Waals surface area contributed by atoms with Crippen LogP contribution in [0.15, 0.2) is 14.7 Å². The Morgan fingerprint density at radius 3 is 2.76 bits per heavy atom. The first kappa shape index (κ1) is 15.1. The molecule has 21 heavy (non-hydrogen) atoms. The molecule has 114 valence electrons. The summed E-state index contributed by atoms with van der Waals surface area (Å²) in [6, 6.07) is 0. The molecule has 1 saturated carbocycles. The second-order valence-electron chi connectivity index (χ2n) is 5.35. The van der Waals surface area contributed by atoms with Gasteiger partial charge in [-0.25, -0.2) is 15.3 Å². The molecule has 0 saturated heterocycles. The van der Waals surface area contributed by atoms with Gasteiger partial charge in [-0.15, -0.1) is 0 Å². The van der Waals surface area contributed by atoms with E-state index in [1.54, 1.807) is 0 Å². The van der Waals surface area contributed by atoms with Crippen molar-refractivity contribution in [1.29, 1.82) is 0 Å². The molecule has 1 fully saturated rings. The number of H-pyrrole nitrogens is 2. The van der Waals surface area contributed by atoms with Crippen LogP contribution < -0.4 is 16.7 Å². The normalized spacial score (nSPS) is 18.3. The highest BCUT2D eigenvalue weighted by molar-refractivity contribution is 5.86. The molecule has 3 N–H and O–H groups in total. The van der Waals surface area contributed by atoms with Crippen LogP contribution in [0, 0.1) is 5.92 Å². The van der Waals surface area contributed by atoms with Crippen LogP contribution in [0.2, 0.25) is 0 Å². The third kappa shape index (κ3) is 4.66. The third-order valence-electron chi connectivity index (χ3n) is 3.56. The van der Waals surface area contributed by atoms with E-state index < -0.39 is 11.2 Å². The smallest absolute Gasteiger partial charge is 0.273 e. The largest absolute Gasteiger partial charge is 0.342 e. The van der Waals surface area contributed by atoms with Crippen molar-refractivity contribution in [3.05, 3.63) is 26.5 Å². The number of hydrogen-bond acceptors (Lipinski definition) is 5. The maximum absolute atomic E-state index is 11.7. The fourth-order valence-corrected chi connectivity index (χ4v) is 2.18. The summed E-state index contributed by atoms with van der Waals surface area (Å²) in [5.41, 5.74) is 2.42. The summed E-state index contributed by atoms with van der Waals surface area (Å²) >= 11 is 0. The van der Waals surface area contributed by atoms with Crippen molar-refractivity contribution in [2.45, 2.75) is 45.4 Å². The molecule has 0 radical (unpaired) electrons. The molecule has 8 nitrogen and oxygen atoms in total. The lowest BCUT2D eigenvalue weighted by molar-refractivity contribution is -0.121. The third-order valence-corrected chi connectivity index (χ3v) is 3.56. The van der Waals surface area contributed by atoms with E-state index >= 15 is 0 Å². The quantitative estimate of drug-likeness (QED) is 0.680. The molecule has 1 heterocycles. The Morgan fingerprint density at radius 2 is 2.10 bits per heavy atom. The molecule has 0 bridgehead atoms. The Bertz CT molecular complexity index is 636. The fourth-order valence-electron chi connectivity index (χ4n) is 2.18. The molecule has 0 aromatic carbocycles. The summed E-state index contributed by atoms with van der Waals surface area (Å²) in [5.74, 6) is 0.450. The summed E-state index contributed by atoms with van der Waals surface area (Å²) in [5, 5.41) is 9.86. The standard InChI is InChI=1S/C13H19N5O3/c1-8-2-4-9(5-3-8)15-17-11(19)7-6-10-12(20)14-13(21)18-16-10/h8H,2-7H2,1H3,(H,17,19)(H2,14,18,20,21). The summed E-state index contributed by atoms with van der Waals surface area (Å²) in [4.78, 5) is 35.9. The zero-order valence-corrected chi connectivity index (χ0v) is 11.9. The van der Waals surface area contributed by atoms with Crippen LogP contribution in [-0.4, -0.2) is 26.8 Å². The monoisotopic (exact) mass is 293 g/mol. The zero-order chi connectivity index (χ0) is 15.2. The second-order valence-corrected chi connectivity index (χ2v) is 5.35. The van der Waals surface area contributed by atoms with Gasteiger partial charge >= 0.3 is 5.69 Å². The predicted octanol–water partition coefficient (Wildman–Crippen LogP) is 0.0731. The highest BCUT2D eigenvalue weighted by Crippen LogP contribution is 2.20. The molecule has 2 rings (SSSR count). The summed E-state index contributed by atoms with van der Waals surface area (Å²) < 4.78 is 0. The van der Waals surface area contributed by atoms with Crippen molar-refractivity contribution >= 4 is 11.6 Å². The van der Waals surface area contributed by atoms with Crippen molar-refractivity contribution in [2.24, 2.45) is 11.0 Å². The van der Waals surface area contributed by atoms with Gasteiger partial charge in [-0.2, -0.15) is 10.2 Å². The van der Waals surface area contributed by atoms with E-state index in [-0.39, 0.29) is 24.4 Å². The lowest BCUT2D eigenvalue weighted by Crippen LogP contribution is -2.28. The van der Waals surface area contributed by atoms with Crippen LogP contribution in [0.4, 0.5) is 0 Å². The molecule has 1 aliphatic rings. The first-order chi connectivity index (χ1) is 10.0. The number of nitrogens with zero attached hydrogens (tertiary/aromatic N) is 2. The van der Waals surface area contributed by atoms with Crippen LogP contribution in [0.25, 0.3) is 0 Å². The van der Waals surface area contributed by atoms with Gasteiger partial charge in [-0.1, -0.05) is 6.92 Å². The van der Waals surface area contributed by atoms with Crippen molar-refractivity contribution in [1.82, 2.24) is 20.6 Å². The van der Waals surface area contributed by atoms with Crippen LogP contribution >= 0.6 is 0 Å². The van der Waals surface area contributed by atoms with Crippen molar-refractivity contribution in [2.75, 3.05) is 0 Å². The minimum Gasteiger partial charge on any atom is -0.273 e. The molecule has 1 amide bonds. The first-order valence-corrected chi connectivity index (χ1v) is 7.06. The van der Waals surface area contributed by atoms with Gasteiger partial charge in [0.1, 0.15) is 5.69 Å². The molecule has 1 aromatic rings. The SMILES string of the molecule is CC1CCC(=NNC(=O)CCc2n[nH]c(=O)[nH]c2=O)CC1. The molecule has 0 aliphatic heterocycles. The van der Waals surface area contributed by atoms with Crippen molar-refractivity contribution in [3.8, 4) is 0 Å². The molecular formula is C13H19N5O3. The van der Waals surface area contributed by atoms with Crippen molar-refractivity contribution in [3.63, 3.8) is 0 Å². The van der Waals surface area contributed by atoms with Crippen LogP contribution in [-0.2, 0) is 11.2 Å². The van der Waals surface area contributed by atoms with E-state index in [1.807, 2.05) is 0 Å². The highest BCUT2D eigenvalue weighted by atomic mass is 16.2.